The molecule has 1 aliphatic rings. The predicted molar refractivity (Wildman–Crippen MR) is 79.9 cm³/mol. The molecule has 0 saturated carbocycles. The van der Waals surface area contributed by atoms with Crippen LogP contribution < -0.4 is 0 Å². The van der Waals surface area contributed by atoms with Crippen molar-refractivity contribution in [2.24, 2.45) is 0 Å². The summed E-state index contributed by atoms with van der Waals surface area (Å²) in [4.78, 5) is 0. The first kappa shape index (κ1) is 14.7. The van der Waals surface area contributed by atoms with Gasteiger partial charge in [0.1, 0.15) is 5.75 Å². The van der Waals surface area contributed by atoms with Crippen molar-refractivity contribution in [2.45, 2.75) is 24.5 Å². The number of aliphatic hydroxyl groups is 1. The third kappa shape index (κ3) is 2.86. The summed E-state index contributed by atoms with van der Waals surface area (Å²) in [5.74, 6) is -0.378. The van der Waals surface area contributed by atoms with Crippen molar-refractivity contribution in [3.63, 3.8) is 0 Å². The van der Waals surface area contributed by atoms with Crippen LogP contribution in [0.3, 0.4) is 0 Å². The number of rotatable bonds is 2. The maximum Gasteiger partial charge on any atom is 0.157 e. The summed E-state index contributed by atoms with van der Waals surface area (Å²) in [6.45, 7) is 0.192. The molecule has 3 rings (SSSR count). The van der Waals surface area contributed by atoms with Crippen LogP contribution in [-0.4, -0.2) is 33.1 Å². The first-order chi connectivity index (χ1) is 10.5. The third-order valence-corrected chi connectivity index (χ3v) is 4.09. The van der Waals surface area contributed by atoms with Gasteiger partial charge in [-0.15, -0.1) is 0 Å². The van der Waals surface area contributed by atoms with Crippen molar-refractivity contribution >= 4 is 0 Å². The van der Waals surface area contributed by atoms with Crippen molar-refractivity contribution < 1.29 is 25.2 Å². The molecule has 116 valence electrons. The Morgan fingerprint density at radius 1 is 0.864 bits per heavy atom. The quantitative estimate of drug-likeness (QED) is 0.640. The fraction of sp³-hybridized carbons (Fsp3) is 0.294. The van der Waals surface area contributed by atoms with Gasteiger partial charge in [-0.3, -0.25) is 0 Å². The highest BCUT2D eigenvalue weighted by Gasteiger charge is 2.32. The van der Waals surface area contributed by atoms with E-state index in [0.29, 0.717) is 6.42 Å². The minimum absolute atomic E-state index is 0.180. The third-order valence-electron chi connectivity index (χ3n) is 4.09. The molecule has 1 heterocycles. The standard InChI is InChI=1S/C17H18O5/c18-12-4-1-10(2-5-12)17-8-13(16(21)9-22-17)11-3-6-14(19)15(20)7-11/h1-7,13,16-21H,8-9H2. The van der Waals surface area contributed by atoms with E-state index >= 15 is 0 Å². The van der Waals surface area contributed by atoms with Crippen molar-refractivity contribution in [2.75, 3.05) is 6.61 Å². The molecule has 0 aromatic heterocycles. The summed E-state index contributed by atoms with van der Waals surface area (Å²) in [6, 6.07) is 11.4. The molecule has 5 nitrogen and oxygen atoms in total. The molecule has 0 bridgehead atoms. The van der Waals surface area contributed by atoms with Gasteiger partial charge in [0.25, 0.3) is 0 Å². The van der Waals surface area contributed by atoms with E-state index in [1.165, 1.54) is 12.1 Å². The molecule has 22 heavy (non-hydrogen) atoms. The van der Waals surface area contributed by atoms with E-state index < -0.39 is 6.10 Å². The Kier molecular flexibility index (Phi) is 3.92. The van der Waals surface area contributed by atoms with Gasteiger partial charge < -0.3 is 25.2 Å². The highest BCUT2D eigenvalue weighted by atomic mass is 16.5. The molecule has 1 fully saturated rings. The van der Waals surface area contributed by atoms with E-state index in [1.807, 2.05) is 0 Å². The van der Waals surface area contributed by atoms with Crippen LogP contribution in [0.5, 0.6) is 17.2 Å². The van der Waals surface area contributed by atoms with E-state index in [4.69, 9.17) is 4.74 Å². The van der Waals surface area contributed by atoms with Crippen LogP contribution in [0.15, 0.2) is 42.5 Å². The van der Waals surface area contributed by atoms with Gasteiger partial charge in [0.15, 0.2) is 11.5 Å². The Bertz CT molecular complexity index is 653. The smallest absolute Gasteiger partial charge is 0.157 e. The Hall–Kier alpha value is -2.24. The Morgan fingerprint density at radius 3 is 2.23 bits per heavy atom. The number of phenols is 3. The lowest BCUT2D eigenvalue weighted by Gasteiger charge is -2.34. The fourth-order valence-electron chi connectivity index (χ4n) is 2.84. The topological polar surface area (TPSA) is 90.2 Å². The second-order valence-corrected chi connectivity index (χ2v) is 5.57. The fourth-order valence-corrected chi connectivity index (χ4v) is 2.84. The summed E-state index contributed by atoms with van der Waals surface area (Å²) in [5, 5.41) is 38.6. The molecule has 4 N–H and O–H groups in total. The molecule has 3 unspecified atom stereocenters. The number of hydrogen-bond acceptors (Lipinski definition) is 5. The van der Waals surface area contributed by atoms with Crippen LogP contribution in [0.4, 0.5) is 0 Å². The van der Waals surface area contributed by atoms with Gasteiger partial charge in [0.2, 0.25) is 0 Å². The van der Waals surface area contributed by atoms with Crippen molar-refractivity contribution in [1.82, 2.24) is 0 Å². The maximum absolute atomic E-state index is 10.2. The molecular weight excluding hydrogens is 284 g/mol. The van der Waals surface area contributed by atoms with E-state index in [-0.39, 0.29) is 35.9 Å². The Balaban J connectivity index is 1.84. The minimum atomic E-state index is -0.669. The molecule has 3 atom stereocenters. The number of ether oxygens (including phenoxy) is 1. The SMILES string of the molecule is Oc1ccc(C2CC(c3ccc(O)c(O)c3)C(O)CO2)cc1. The number of phenolic OH excluding ortho intramolecular Hbond substituents is 3. The lowest BCUT2D eigenvalue weighted by atomic mass is 9.84. The number of aromatic hydroxyl groups is 3. The van der Waals surface area contributed by atoms with Gasteiger partial charge in [0.05, 0.1) is 18.8 Å². The molecule has 0 aliphatic carbocycles. The Morgan fingerprint density at radius 2 is 1.55 bits per heavy atom. The van der Waals surface area contributed by atoms with Gasteiger partial charge >= 0.3 is 0 Å². The Labute approximate surface area is 128 Å². The summed E-state index contributed by atoms with van der Waals surface area (Å²) in [7, 11) is 0. The van der Waals surface area contributed by atoms with E-state index in [1.54, 1.807) is 30.3 Å². The van der Waals surface area contributed by atoms with Crippen LogP contribution in [-0.2, 0) is 4.74 Å². The average molecular weight is 302 g/mol. The molecule has 1 saturated heterocycles. The molecule has 2 aromatic carbocycles. The molecular formula is C17H18O5. The van der Waals surface area contributed by atoms with Gasteiger partial charge in [-0.05, 0) is 41.8 Å². The van der Waals surface area contributed by atoms with Crippen LogP contribution >= 0.6 is 0 Å². The highest BCUT2D eigenvalue weighted by molar-refractivity contribution is 5.42. The zero-order chi connectivity index (χ0) is 15.7. The van der Waals surface area contributed by atoms with E-state index in [9.17, 15) is 20.4 Å². The number of aliphatic hydroxyl groups excluding tert-OH is 1. The van der Waals surface area contributed by atoms with Gasteiger partial charge in [-0.2, -0.15) is 0 Å². The second kappa shape index (κ2) is 5.87. The van der Waals surface area contributed by atoms with Crippen LogP contribution in [0.1, 0.15) is 29.6 Å². The van der Waals surface area contributed by atoms with Gasteiger partial charge in [0, 0.05) is 5.92 Å². The average Bonchev–Trinajstić information content (AvgIpc) is 2.51. The summed E-state index contributed by atoms with van der Waals surface area (Å²) in [5.41, 5.74) is 1.69. The molecule has 1 aliphatic heterocycles. The molecule has 0 radical (unpaired) electrons. The number of hydrogen-bond donors (Lipinski definition) is 4. The predicted octanol–water partition coefficient (Wildman–Crippen LogP) is 2.41. The minimum Gasteiger partial charge on any atom is -0.508 e. The van der Waals surface area contributed by atoms with Crippen LogP contribution in [0, 0.1) is 0 Å². The largest absolute Gasteiger partial charge is 0.508 e. The normalized spacial score (nSPS) is 25.0. The first-order valence-electron chi connectivity index (χ1n) is 7.15. The van der Waals surface area contributed by atoms with Crippen LogP contribution in [0.2, 0.25) is 0 Å². The lowest BCUT2D eigenvalue weighted by molar-refractivity contribution is -0.0699. The zero-order valence-corrected chi connectivity index (χ0v) is 11.9. The van der Waals surface area contributed by atoms with Gasteiger partial charge in [-0.1, -0.05) is 18.2 Å². The van der Waals surface area contributed by atoms with Crippen molar-refractivity contribution in [3.05, 3.63) is 53.6 Å². The van der Waals surface area contributed by atoms with Crippen LogP contribution in [0.25, 0.3) is 0 Å². The molecule has 2 aromatic rings. The van der Waals surface area contributed by atoms with Crippen molar-refractivity contribution in [1.29, 1.82) is 0 Å². The monoisotopic (exact) mass is 302 g/mol. The summed E-state index contributed by atoms with van der Waals surface area (Å²) >= 11 is 0. The molecule has 0 amide bonds. The van der Waals surface area contributed by atoms with Gasteiger partial charge in [-0.25, -0.2) is 0 Å². The summed E-state index contributed by atoms with van der Waals surface area (Å²) in [6.07, 6.45) is -0.307. The maximum atomic E-state index is 10.2. The molecule has 0 spiro atoms. The van der Waals surface area contributed by atoms with E-state index in [2.05, 4.69) is 0 Å². The lowest BCUT2D eigenvalue weighted by Crippen LogP contribution is -2.32. The number of benzene rings is 2. The molecule has 5 heteroatoms. The highest BCUT2D eigenvalue weighted by Crippen LogP contribution is 2.40. The van der Waals surface area contributed by atoms with Crippen molar-refractivity contribution in [3.8, 4) is 17.2 Å². The first-order valence-corrected chi connectivity index (χ1v) is 7.15. The van der Waals surface area contributed by atoms with E-state index in [0.717, 1.165) is 11.1 Å². The second-order valence-electron chi connectivity index (χ2n) is 5.57. The zero-order valence-electron chi connectivity index (χ0n) is 11.9. The summed E-state index contributed by atoms with van der Waals surface area (Å²) < 4.78 is 5.68.